The van der Waals surface area contributed by atoms with Gasteiger partial charge >= 0.3 is 0 Å². The molecular weight excluding hydrogens is 362 g/mol. The van der Waals surface area contributed by atoms with Crippen molar-refractivity contribution >= 4 is 22.9 Å². The fraction of sp³-hybridized carbons (Fsp3) is 0.250. The predicted molar refractivity (Wildman–Crippen MR) is 106 cm³/mol. The van der Waals surface area contributed by atoms with Gasteiger partial charge in [-0.2, -0.15) is 0 Å². The Kier molecular flexibility index (Phi) is 6.51. The normalized spacial score (nSPS) is 10.6. The number of amides is 1. The van der Waals surface area contributed by atoms with E-state index < -0.39 is 0 Å². The number of benzene rings is 1. The van der Waals surface area contributed by atoms with E-state index in [0.29, 0.717) is 31.2 Å². The van der Waals surface area contributed by atoms with Crippen molar-refractivity contribution in [2.24, 2.45) is 0 Å². The summed E-state index contributed by atoms with van der Waals surface area (Å²) in [5.41, 5.74) is 3.59. The summed E-state index contributed by atoms with van der Waals surface area (Å²) in [6.07, 6.45) is 1.87. The van der Waals surface area contributed by atoms with Crippen molar-refractivity contribution in [3.63, 3.8) is 0 Å². The van der Waals surface area contributed by atoms with Crippen molar-refractivity contribution in [2.45, 2.75) is 13.3 Å². The Morgan fingerprint density at radius 2 is 1.96 bits per heavy atom. The summed E-state index contributed by atoms with van der Waals surface area (Å²) >= 11 is 1.63. The maximum absolute atomic E-state index is 12.2. The molecule has 0 spiro atoms. The fourth-order valence-electron chi connectivity index (χ4n) is 2.45. The van der Waals surface area contributed by atoms with Gasteiger partial charge in [-0.1, -0.05) is 24.3 Å². The fourth-order valence-corrected chi connectivity index (χ4v) is 3.07. The van der Waals surface area contributed by atoms with Gasteiger partial charge in [-0.15, -0.1) is 11.3 Å². The van der Waals surface area contributed by atoms with Gasteiger partial charge in [0.05, 0.1) is 35.6 Å². The molecule has 0 atom stereocenters. The van der Waals surface area contributed by atoms with Gasteiger partial charge in [0, 0.05) is 24.1 Å². The topological polar surface area (TPSA) is 73.3 Å². The maximum atomic E-state index is 12.2. The van der Waals surface area contributed by atoms with Crippen molar-refractivity contribution in [1.29, 1.82) is 0 Å². The van der Waals surface area contributed by atoms with Crippen LogP contribution in [0.4, 0.5) is 5.69 Å². The van der Waals surface area contributed by atoms with Crippen molar-refractivity contribution in [1.82, 2.24) is 9.97 Å². The summed E-state index contributed by atoms with van der Waals surface area (Å²) in [6, 6.07) is 11.4. The van der Waals surface area contributed by atoms with E-state index in [9.17, 15) is 4.79 Å². The van der Waals surface area contributed by atoms with E-state index in [2.05, 4.69) is 15.3 Å². The van der Waals surface area contributed by atoms with Gasteiger partial charge in [0.15, 0.2) is 0 Å². The minimum absolute atomic E-state index is 0.0953. The minimum Gasteiger partial charge on any atom is -0.475 e. The highest BCUT2D eigenvalue weighted by Gasteiger charge is 2.07. The standard InChI is InChI=1S/C20H21N3O3S/c1-14-22-18(13-27-14)16-5-3-15(4-6-16)11-19(24)23-17-7-8-20(21-12-17)26-10-9-25-2/h3-8,12-13H,9-11H2,1-2H3,(H,23,24). The number of hydrogen-bond donors (Lipinski definition) is 1. The summed E-state index contributed by atoms with van der Waals surface area (Å²) in [6.45, 7) is 2.92. The average molecular weight is 383 g/mol. The Labute approximate surface area is 162 Å². The molecular formula is C20H21N3O3S. The van der Waals surface area contributed by atoms with E-state index in [0.717, 1.165) is 21.8 Å². The molecule has 0 aliphatic heterocycles. The van der Waals surface area contributed by atoms with Gasteiger partial charge in [-0.3, -0.25) is 4.79 Å². The Bertz CT molecular complexity index is 876. The van der Waals surface area contributed by atoms with Gasteiger partial charge in [0.25, 0.3) is 0 Å². The highest BCUT2D eigenvalue weighted by Crippen LogP contribution is 2.22. The van der Waals surface area contributed by atoms with E-state index in [1.54, 1.807) is 36.8 Å². The summed E-state index contributed by atoms with van der Waals surface area (Å²) in [4.78, 5) is 20.9. The molecule has 0 saturated heterocycles. The third-order valence-corrected chi connectivity index (χ3v) is 4.56. The third-order valence-electron chi connectivity index (χ3n) is 3.79. The second-order valence-corrected chi connectivity index (χ2v) is 6.96. The molecule has 6 nitrogen and oxygen atoms in total. The predicted octanol–water partition coefficient (Wildman–Crippen LogP) is 3.72. The lowest BCUT2D eigenvalue weighted by Gasteiger charge is -2.07. The zero-order valence-electron chi connectivity index (χ0n) is 15.3. The van der Waals surface area contributed by atoms with Gasteiger partial charge < -0.3 is 14.8 Å². The number of carbonyl (C=O) groups excluding carboxylic acids is 1. The first-order valence-electron chi connectivity index (χ1n) is 8.53. The molecule has 0 unspecified atom stereocenters. The second kappa shape index (κ2) is 9.25. The van der Waals surface area contributed by atoms with E-state index in [-0.39, 0.29) is 5.91 Å². The highest BCUT2D eigenvalue weighted by molar-refractivity contribution is 7.09. The minimum atomic E-state index is -0.0953. The molecule has 7 heteroatoms. The first kappa shape index (κ1) is 19.0. The number of anilines is 1. The molecule has 0 aliphatic rings. The lowest BCUT2D eigenvalue weighted by Crippen LogP contribution is -2.14. The Morgan fingerprint density at radius 1 is 1.15 bits per heavy atom. The quantitative estimate of drug-likeness (QED) is 0.600. The van der Waals surface area contributed by atoms with Crippen LogP contribution in [-0.4, -0.2) is 36.2 Å². The van der Waals surface area contributed by atoms with Crippen LogP contribution in [0.15, 0.2) is 48.0 Å². The van der Waals surface area contributed by atoms with Crippen molar-refractivity contribution < 1.29 is 14.3 Å². The van der Waals surface area contributed by atoms with Crippen LogP contribution >= 0.6 is 11.3 Å². The number of pyridine rings is 1. The number of thiazole rings is 1. The third kappa shape index (κ3) is 5.60. The molecule has 2 heterocycles. The van der Waals surface area contributed by atoms with Crippen LogP contribution in [0.5, 0.6) is 5.88 Å². The van der Waals surface area contributed by atoms with Gasteiger partial charge in [0.2, 0.25) is 11.8 Å². The number of methoxy groups -OCH3 is 1. The smallest absolute Gasteiger partial charge is 0.228 e. The molecule has 3 aromatic rings. The van der Waals surface area contributed by atoms with Crippen molar-refractivity contribution in [3.05, 3.63) is 58.5 Å². The molecule has 1 aromatic carbocycles. The van der Waals surface area contributed by atoms with Crippen LogP contribution in [0, 0.1) is 6.92 Å². The number of nitrogens with zero attached hydrogens (tertiary/aromatic N) is 2. The summed E-state index contributed by atoms with van der Waals surface area (Å²) in [5, 5.41) is 5.92. The van der Waals surface area contributed by atoms with E-state index in [1.807, 2.05) is 36.6 Å². The molecule has 27 heavy (non-hydrogen) atoms. The molecule has 0 saturated carbocycles. The van der Waals surface area contributed by atoms with Crippen LogP contribution < -0.4 is 10.1 Å². The number of carbonyl (C=O) groups is 1. The van der Waals surface area contributed by atoms with Crippen LogP contribution in [0.1, 0.15) is 10.6 Å². The number of ether oxygens (including phenoxy) is 2. The van der Waals surface area contributed by atoms with Crippen LogP contribution in [0.3, 0.4) is 0 Å². The van der Waals surface area contributed by atoms with Crippen LogP contribution in [0.2, 0.25) is 0 Å². The van der Waals surface area contributed by atoms with Crippen LogP contribution in [0.25, 0.3) is 11.3 Å². The largest absolute Gasteiger partial charge is 0.475 e. The molecule has 1 amide bonds. The van der Waals surface area contributed by atoms with E-state index >= 15 is 0 Å². The van der Waals surface area contributed by atoms with Gasteiger partial charge in [0.1, 0.15) is 6.61 Å². The monoisotopic (exact) mass is 383 g/mol. The summed E-state index contributed by atoms with van der Waals surface area (Å²) < 4.78 is 10.3. The molecule has 1 N–H and O–H groups in total. The number of nitrogens with one attached hydrogen (secondary N) is 1. The zero-order valence-corrected chi connectivity index (χ0v) is 16.1. The van der Waals surface area contributed by atoms with Crippen molar-refractivity contribution in [2.75, 3.05) is 25.6 Å². The van der Waals surface area contributed by atoms with Gasteiger partial charge in [-0.05, 0) is 18.6 Å². The van der Waals surface area contributed by atoms with E-state index in [4.69, 9.17) is 9.47 Å². The number of aromatic nitrogens is 2. The molecule has 0 fully saturated rings. The number of hydrogen-bond acceptors (Lipinski definition) is 6. The second-order valence-electron chi connectivity index (χ2n) is 5.90. The molecule has 140 valence electrons. The summed E-state index contributed by atoms with van der Waals surface area (Å²) in [7, 11) is 1.61. The first-order valence-corrected chi connectivity index (χ1v) is 9.41. The van der Waals surface area contributed by atoms with E-state index in [1.165, 1.54) is 0 Å². The first-order chi connectivity index (χ1) is 13.1. The maximum Gasteiger partial charge on any atom is 0.228 e. The molecule has 0 radical (unpaired) electrons. The summed E-state index contributed by atoms with van der Waals surface area (Å²) in [5.74, 6) is 0.403. The van der Waals surface area contributed by atoms with Crippen molar-refractivity contribution in [3.8, 4) is 17.1 Å². The molecule has 0 aliphatic carbocycles. The average Bonchev–Trinajstić information content (AvgIpc) is 3.10. The highest BCUT2D eigenvalue weighted by atomic mass is 32.1. The molecule has 0 bridgehead atoms. The molecule has 3 rings (SSSR count). The lowest BCUT2D eigenvalue weighted by atomic mass is 10.1. The SMILES string of the molecule is COCCOc1ccc(NC(=O)Cc2ccc(-c3csc(C)n3)cc2)cn1. The zero-order chi connectivity index (χ0) is 19.1. The Balaban J connectivity index is 1.53. The van der Waals surface area contributed by atoms with Crippen LogP contribution in [-0.2, 0) is 16.0 Å². The van der Waals surface area contributed by atoms with Gasteiger partial charge in [-0.25, -0.2) is 9.97 Å². The Hall–Kier alpha value is -2.77. The number of aryl methyl sites for hydroxylation is 1. The lowest BCUT2D eigenvalue weighted by molar-refractivity contribution is -0.115. The Morgan fingerprint density at radius 3 is 2.59 bits per heavy atom. The number of rotatable bonds is 8. The molecule has 2 aromatic heterocycles.